The molecule has 0 N–H and O–H groups in total. The van der Waals surface area contributed by atoms with E-state index in [1.807, 2.05) is 0 Å². The van der Waals surface area contributed by atoms with Crippen molar-refractivity contribution in [1.82, 2.24) is 9.80 Å². The number of likely N-dealkylation sites (tertiary alicyclic amines) is 2. The Morgan fingerprint density at radius 1 is 0.345 bits per heavy atom. The van der Waals surface area contributed by atoms with E-state index in [-0.39, 0.29) is 37.9 Å². The molecule has 10 heteroatoms. The van der Waals surface area contributed by atoms with Gasteiger partial charge in [0, 0.05) is 36.3 Å². The molecule has 7 aliphatic carbocycles. The van der Waals surface area contributed by atoms with Crippen molar-refractivity contribution in [3.63, 3.8) is 0 Å². The highest BCUT2D eigenvalue weighted by molar-refractivity contribution is 5.17. The van der Waals surface area contributed by atoms with E-state index < -0.39 is 24.2 Å². The molecule has 16 atom stereocenters. The molecule has 0 aromatic carbocycles. The van der Waals surface area contributed by atoms with Gasteiger partial charge in [-0.1, -0.05) is 25.7 Å². The molecular weight excluding hydrogens is 751 g/mol. The fourth-order valence-corrected chi connectivity index (χ4v) is 17.8. The maximum Gasteiger partial charge on any atom is 0.391 e. The average Bonchev–Trinajstić information content (AvgIpc) is 4.00. The smallest absolute Gasteiger partial charge is 0.374 e. The summed E-state index contributed by atoms with van der Waals surface area (Å²) < 4.78 is 94.2. The largest absolute Gasteiger partial charge is 0.391 e. The van der Waals surface area contributed by atoms with Crippen molar-refractivity contribution in [3.05, 3.63) is 0 Å². The van der Waals surface area contributed by atoms with Gasteiger partial charge in [0.05, 0.1) is 36.3 Å². The Morgan fingerprint density at radius 2 is 0.741 bits per heavy atom. The predicted octanol–water partition coefficient (Wildman–Crippen LogP) is 11.9. The predicted molar refractivity (Wildman–Crippen MR) is 211 cm³/mol. The maximum atomic E-state index is 13.4. The summed E-state index contributed by atoms with van der Waals surface area (Å²) in [4.78, 5) is 6.35. The maximum absolute atomic E-state index is 13.4. The van der Waals surface area contributed by atoms with Crippen molar-refractivity contribution < 1.29 is 35.8 Å². The lowest BCUT2D eigenvalue weighted by Crippen LogP contribution is -2.54. The number of ether oxygens (including phenoxy) is 2. The molecule has 7 saturated carbocycles. The van der Waals surface area contributed by atoms with Crippen molar-refractivity contribution in [2.45, 2.75) is 240 Å². The van der Waals surface area contributed by atoms with Gasteiger partial charge in [-0.25, -0.2) is 0 Å². The molecule has 11 rings (SSSR count). The number of rotatable bonds is 4. The first-order chi connectivity index (χ1) is 28.0. The zero-order valence-corrected chi connectivity index (χ0v) is 34.9. The molecule has 0 spiro atoms. The van der Waals surface area contributed by atoms with Gasteiger partial charge in [-0.2, -0.15) is 26.3 Å². The standard InChI is InChI=1S/C48H72F6N2O2/c49-47(50,51)31-13-9-27(10-14-31)43-25-29-23-33(17-21-41(29)57-43)55-37-7-3-1-5-35(37)45-39(55)19-20-40-46(45)36-6-2-4-8-38(36)56(40)34-18-22-42-30(24-34)26-44(58-42)28-11-15-32(16-12-28)48(52,53)54/h27-46H,1-26H2. The highest BCUT2D eigenvalue weighted by Crippen LogP contribution is 2.62. The molecule has 0 amide bonds. The molecule has 58 heavy (non-hydrogen) atoms. The minimum atomic E-state index is -4.05. The number of nitrogens with zero attached hydrogens (tertiary/aromatic N) is 2. The van der Waals surface area contributed by atoms with Crippen LogP contribution in [0.1, 0.15) is 167 Å². The zero-order chi connectivity index (χ0) is 39.5. The summed E-state index contributed by atoms with van der Waals surface area (Å²) in [7, 11) is 0. The van der Waals surface area contributed by atoms with Gasteiger partial charge in [0.15, 0.2) is 0 Å². The van der Waals surface area contributed by atoms with Crippen molar-refractivity contribution in [1.29, 1.82) is 0 Å². The third-order valence-corrected chi connectivity index (χ3v) is 20.1. The van der Waals surface area contributed by atoms with Gasteiger partial charge in [-0.05, 0) is 189 Å². The second kappa shape index (κ2) is 15.6. The normalized spacial score (nSPS) is 52.7. The highest BCUT2D eigenvalue weighted by Gasteiger charge is 2.64. The van der Waals surface area contributed by atoms with E-state index in [0.717, 1.165) is 61.4 Å². The first kappa shape index (κ1) is 40.2. The molecular formula is C48H72F6N2O2. The van der Waals surface area contributed by atoms with Gasteiger partial charge in [0.2, 0.25) is 0 Å². The second-order valence-electron chi connectivity index (χ2n) is 22.5. The third kappa shape index (κ3) is 7.06. The second-order valence-corrected chi connectivity index (χ2v) is 22.5. The molecule has 0 aromatic heterocycles. The van der Waals surface area contributed by atoms with Crippen LogP contribution in [0.3, 0.4) is 0 Å². The summed E-state index contributed by atoms with van der Waals surface area (Å²) in [5, 5.41) is 0. The summed E-state index contributed by atoms with van der Waals surface area (Å²) in [5.41, 5.74) is 0. The number of halogens is 6. The van der Waals surface area contributed by atoms with Gasteiger partial charge in [-0.15, -0.1) is 0 Å². The van der Waals surface area contributed by atoms with Crippen LogP contribution in [-0.2, 0) is 9.47 Å². The monoisotopic (exact) mass is 823 g/mol. The van der Waals surface area contributed by atoms with E-state index in [0.29, 0.717) is 85.7 Å². The van der Waals surface area contributed by atoms with Crippen LogP contribution in [0.2, 0.25) is 0 Å². The lowest BCUT2D eigenvalue weighted by Gasteiger charge is -2.48. The zero-order valence-electron chi connectivity index (χ0n) is 34.9. The van der Waals surface area contributed by atoms with Gasteiger partial charge in [0.1, 0.15) is 0 Å². The highest BCUT2D eigenvalue weighted by atomic mass is 19.4. The van der Waals surface area contributed by atoms with Crippen LogP contribution in [-0.4, -0.2) is 82.8 Å². The van der Waals surface area contributed by atoms with E-state index in [1.165, 1.54) is 89.9 Å². The average molecular weight is 823 g/mol. The molecule has 0 radical (unpaired) electrons. The Hall–Kier alpha value is -0.580. The lowest BCUT2D eigenvalue weighted by atomic mass is 9.61. The molecule has 11 aliphatic rings. The Kier molecular flexibility index (Phi) is 10.8. The quantitative estimate of drug-likeness (QED) is 0.264. The van der Waals surface area contributed by atoms with E-state index in [1.54, 1.807) is 0 Å². The first-order valence-electron chi connectivity index (χ1n) is 25.0. The molecule has 4 heterocycles. The van der Waals surface area contributed by atoms with Crippen molar-refractivity contribution in [2.24, 2.45) is 59.2 Å². The molecule has 16 unspecified atom stereocenters. The van der Waals surface area contributed by atoms with Gasteiger partial charge in [0.25, 0.3) is 0 Å². The summed E-state index contributed by atoms with van der Waals surface area (Å²) in [6.45, 7) is 0. The Labute approximate surface area is 344 Å². The van der Waals surface area contributed by atoms with E-state index in [2.05, 4.69) is 9.80 Å². The van der Waals surface area contributed by atoms with Crippen LogP contribution in [0.15, 0.2) is 0 Å². The van der Waals surface area contributed by atoms with E-state index in [9.17, 15) is 26.3 Å². The molecule has 0 aromatic rings. The van der Waals surface area contributed by atoms with Gasteiger partial charge >= 0.3 is 12.4 Å². The van der Waals surface area contributed by atoms with Gasteiger partial charge < -0.3 is 9.47 Å². The fourth-order valence-electron chi connectivity index (χ4n) is 17.8. The van der Waals surface area contributed by atoms with Crippen LogP contribution >= 0.6 is 0 Å². The Morgan fingerprint density at radius 3 is 1.14 bits per heavy atom. The fraction of sp³-hybridized carbons (Fsp3) is 1.00. The molecule has 4 nitrogen and oxygen atoms in total. The van der Waals surface area contributed by atoms with Crippen molar-refractivity contribution in [3.8, 4) is 0 Å². The van der Waals surface area contributed by atoms with E-state index >= 15 is 0 Å². The van der Waals surface area contributed by atoms with Crippen LogP contribution in [0.4, 0.5) is 26.3 Å². The van der Waals surface area contributed by atoms with E-state index in [4.69, 9.17) is 9.47 Å². The Balaban J connectivity index is 0.772. The van der Waals surface area contributed by atoms with Crippen LogP contribution in [0, 0.1) is 59.2 Å². The molecule has 0 bridgehead atoms. The number of hydrogen-bond donors (Lipinski definition) is 0. The topological polar surface area (TPSA) is 24.9 Å². The van der Waals surface area contributed by atoms with Gasteiger partial charge in [-0.3, -0.25) is 9.80 Å². The van der Waals surface area contributed by atoms with Crippen molar-refractivity contribution in [2.75, 3.05) is 0 Å². The number of fused-ring (bicyclic) bond motifs is 9. The molecule has 4 aliphatic heterocycles. The lowest BCUT2D eigenvalue weighted by molar-refractivity contribution is -0.187. The summed E-state index contributed by atoms with van der Waals surface area (Å²) in [6.07, 6.45) is 19.7. The summed E-state index contributed by atoms with van der Waals surface area (Å²) in [5.74, 6) is 2.79. The third-order valence-electron chi connectivity index (χ3n) is 20.1. The minimum Gasteiger partial charge on any atom is -0.374 e. The minimum absolute atomic E-state index is 0.162. The summed E-state index contributed by atoms with van der Waals surface area (Å²) >= 11 is 0. The first-order valence-corrected chi connectivity index (χ1v) is 25.0. The summed E-state index contributed by atoms with van der Waals surface area (Å²) in [6, 6.07) is 4.14. The van der Waals surface area contributed by atoms with Crippen LogP contribution in [0.5, 0.6) is 0 Å². The van der Waals surface area contributed by atoms with Crippen LogP contribution < -0.4 is 0 Å². The van der Waals surface area contributed by atoms with Crippen molar-refractivity contribution >= 4 is 0 Å². The molecule has 4 saturated heterocycles. The number of alkyl halides is 6. The molecule has 328 valence electrons. The Bertz CT molecular complexity index is 1340. The van der Waals surface area contributed by atoms with Crippen LogP contribution in [0.25, 0.3) is 0 Å². The SMILES string of the molecule is FC(F)(F)C1CCC(C2CC3CC(N4C5CCCCC5C5C6C7CCCCC7N(C7CCC8OC(C9CCC(C(F)(F)F)CC9)CC8C7)C6CCC54)CCC3O2)CC1. The molecule has 11 fully saturated rings. The number of hydrogen-bond acceptors (Lipinski definition) is 4.